The number of carboxylic acids is 1. The third-order valence-electron chi connectivity index (χ3n) is 2.93. The van der Waals surface area contributed by atoms with Crippen LogP contribution in [-0.4, -0.2) is 36.0 Å². The molecular formula is C14H16N2O4S. The Labute approximate surface area is 125 Å². The summed E-state index contributed by atoms with van der Waals surface area (Å²) in [5, 5.41) is 15.7. The highest BCUT2D eigenvalue weighted by molar-refractivity contribution is 7.11. The van der Waals surface area contributed by atoms with Gasteiger partial charge in [-0.05, 0) is 25.0 Å². The van der Waals surface area contributed by atoms with Gasteiger partial charge >= 0.3 is 5.97 Å². The number of thiophene rings is 1. The summed E-state index contributed by atoms with van der Waals surface area (Å²) in [6, 6.07) is 1.63. The van der Waals surface area contributed by atoms with Crippen molar-refractivity contribution in [2.45, 2.75) is 12.8 Å². The van der Waals surface area contributed by atoms with Crippen molar-refractivity contribution < 1.29 is 19.5 Å². The van der Waals surface area contributed by atoms with E-state index in [9.17, 15) is 14.4 Å². The number of carbonyl (C=O) groups excluding carboxylic acids is 2. The molecule has 0 aliphatic heterocycles. The van der Waals surface area contributed by atoms with E-state index in [1.165, 1.54) is 17.4 Å². The van der Waals surface area contributed by atoms with E-state index in [0.29, 0.717) is 23.5 Å². The second kappa shape index (κ2) is 7.03. The fourth-order valence-electron chi connectivity index (χ4n) is 1.67. The number of amides is 2. The van der Waals surface area contributed by atoms with Crippen molar-refractivity contribution >= 4 is 35.2 Å². The molecule has 0 radical (unpaired) electrons. The van der Waals surface area contributed by atoms with Crippen molar-refractivity contribution in [3.8, 4) is 0 Å². The van der Waals surface area contributed by atoms with Crippen LogP contribution in [0.2, 0.25) is 0 Å². The second-order valence-electron chi connectivity index (χ2n) is 4.73. The van der Waals surface area contributed by atoms with Crippen LogP contribution in [-0.2, 0) is 9.59 Å². The zero-order valence-electron chi connectivity index (χ0n) is 11.3. The van der Waals surface area contributed by atoms with E-state index in [0.717, 1.165) is 18.9 Å². The molecule has 0 saturated heterocycles. The molecule has 1 aromatic rings. The summed E-state index contributed by atoms with van der Waals surface area (Å²) in [6.45, 7) is 0.782. The maximum absolute atomic E-state index is 11.8. The van der Waals surface area contributed by atoms with Gasteiger partial charge in [-0.15, -0.1) is 11.3 Å². The highest BCUT2D eigenvalue weighted by Crippen LogP contribution is 2.28. The molecule has 112 valence electrons. The van der Waals surface area contributed by atoms with Gasteiger partial charge in [-0.25, -0.2) is 4.79 Å². The molecule has 1 fully saturated rings. The van der Waals surface area contributed by atoms with E-state index in [-0.39, 0.29) is 17.7 Å². The van der Waals surface area contributed by atoms with Gasteiger partial charge in [0.1, 0.15) is 0 Å². The van der Waals surface area contributed by atoms with Crippen molar-refractivity contribution in [2.24, 2.45) is 5.92 Å². The summed E-state index contributed by atoms with van der Waals surface area (Å²) in [5.41, 5.74) is 0.485. The Morgan fingerprint density at radius 3 is 2.67 bits per heavy atom. The average Bonchev–Trinajstić information content (AvgIpc) is 3.19. The molecule has 3 N–H and O–H groups in total. The summed E-state index contributed by atoms with van der Waals surface area (Å²) in [5.74, 6) is -1.04. The van der Waals surface area contributed by atoms with E-state index >= 15 is 0 Å². The lowest BCUT2D eigenvalue weighted by Crippen LogP contribution is -2.35. The Bertz CT molecular complexity index is 575. The molecule has 0 atom stereocenters. The monoisotopic (exact) mass is 308 g/mol. The van der Waals surface area contributed by atoms with Crippen LogP contribution in [0.5, 0.6) is 0 Å². The number of rotatable bonds is 7. The van der Waals surface area contributed by atoms with Gasteiger partial charge < -0.3 is 15.7 Å². The van der Waals surface area contributed by atoms with Crippen LogP contribution < -0.4 is 10.6 Å². The predicted octanol–water partition coefficient (Wildman–Crippen LogP) is 1.10. The zero-order chi connectivity index (χ0) is 15.2. The quantitative estimate of drug-likeness (QED) is 0.519. The van der Waals surface area contributed by atoms with Crippen LogP contribution in [0, 0.1) is 5.92 Å². The number of carbonyl (C=O) groups is 3. The normalized spacial score (nSPS) is 14.1. The minimum atomic E-state index is -1.03. The van der Waals surface area contributed by atoms with Crippen molar-refractivity contribution in [1.82, 2.24) is 10.6 Å². The van der Waals surface area contributed by atoms with Crippen molar-refractivity contribution in [2.75, 3.05) is 13.1 Å². The van der Waals surface area contributed by atoms with E-state index in [2.05, 4.69) is 10.6 Å². The first kappa shape index (κ1) is 15.2. The summed E-state index contributed by atoms with van der Waals surface area (Å²) in [7, 11) is 0. The number of carboxylic acid groups (broad SMARTS) is 1. The fraction of sp³-hybridized carbons (Fsp3) is 0.357. The molecule has 1 aliphatic carbocycles. The van der Waals surface area contributed by atoms with Crippen LogP contribution >= 0.6 is 11.3 Å². The molecule has 1 saturated carbocycles. The smallest absolute Gasteiger partial charge is 0.328 e. The maximum Gasteiger partial charge on any atom is 0.328 e. The zero-order valence-corrected chi connectivity index (χ0v) is 12.1. The lowest BCUT2D eigenvalue weighted by atomic mass is 10.3. The Morgan fingerprint density at radius 1 is 1.29 bits per heavy atom. The number of hydrogen-bond donors (Lipinski definition) is 3. The van der Waals surface area contributed by atoms with Crippen molar-refractivity contribution in [1.29, 1.82) is 0 Å². The molecule has 0 spiro atoms. The first-order chi connectivity index (χ1) is 10.1. The van der Waals surface area contributed by atoms with Crippen molar-refractivity contribution in [3.63, 3.8) is 0 Å². The van der Waals surface area contributed by atoms with Gasteiger partial charge in [0.25, 0.3) is 5.91 Å². The molecule has 0 aromatic carbocycles. The summed E-state index contributed by atoms with van der Waals surface area (Å²) < 4.78 is 0. The molecular weight excluding hydrogens is 292 g/mol. The van der Waals surface area contributed by atoms with Gasteiger partial charge in [0, 0.05) is 35.3 Å². The van der Waals surface area contributed by atoms with Crippen LogP contribution in [0.4, 0.5) is 0 Å². The van der Waals surface area contributed by atoms with Gasteiger partial charge in [-0.1, -0.05) is 0 Å². The SMILES string of the molecule is O=C(O)/C=C/c1cc(C(=O)NCCNC(=O)C2CC2)cs1. The topological polar surface area (TPSA) is 95.5 Å². The molecule has 1 aromatic heterocycles. The summed E-state index contributed by atoms with van der Waals surface area (Å²) in [4.78, 5) is 34.3. The van der Waals surface area contributed by atoms with Crippen molar-refractivity contribution in [3.05, 3.63) is 28.0 Å². The predicted molar refractivity (Wildman–Crippen MR) is 79.1 cm³/mol. The molecule has 0 bridgehead atoms. The first-order valence-corrected chi connectivity index (χ1v) is 7.49. The van der Waals surface area contributed by atoms with Gasteiger partial charge in [-0.3, -0.25) is 9.59 Å². The van der Waals surface area contributed by atoms with Gasteiger partial charge in [0.15, 0.2) is 0 Å². The van der Waals surface area contributed by atoms with Crippen LogP contribution in [0.1, 0.15) is 28.1 Å². The number of nitrogens with one attached hydrogen (secondary N) is 2. The standard InChI is InChI=1S/C14H16N2O4S/c17-12(18)4-3-11-7-10(8-21-11)14(20)16-6-5-15-13(19)9-1-2-9/h3-4,7-9H,1-2,5-6H2,(H,15,19)(H,16,20)(H,17,18)/b4-3+. The second-order valence-corrected chi connectivity index (χ2v) is 5.67. The van der Waals surface area contributed by atoms with E-state index in [4.69, 9.17) is 5.11 Å². The minimum Gasteiger partial charge on any atom is -0.478 e. The minimum absolute atomic E-state index is 0.0564. The van der Waals surface area contributed by atoms with Gasteiger partial charge in [-0.2, -0.15) is 0 Å². The first-order valence-electron chi connectivity index (χ1n) is 6.61. The molecule has 6 nitrogen and oxygen atoms in total. The Balaban J connectivity index is 1.72. The molecule has 1 heterocycles. The Hall–Kier alpha value is -2.15. The van der Waals surface area contributed by atoms with E-state index in [1.807, 2.05) is 0 Å². The molecule has 0 unspecified atom stereocenters. The average molecular weight is 308 g/mol. The number of aliphatic carboxylic acids is 1. The highest BCUT2D eigenvalue weighted by Gasteiger charge is 2.28. The summed E-state index contributed by atoms with van der Waals surface area (Å²) >= 11 is 1.30. The fourth-order valence-corrected chi connectivity index (χ4v) is 2.45. The van der Waals surface area contributed by atoms with E-state index in [1.54, 1.807) is 11.4 Å². The molecule has 21 heavy (non-hydrogen) atoms. The Kier molecular flexibility index (Phi) is 5.10. The van der Waals surface area contributed by atoms with Gasteiger partial charge in [0.2, 0.25) is 5.91 Å². The number of hydrogen-bond acceptors (Lipinski definition) is 4. The molecule has 1 aliphatic rings. The van der Waals surface area contributed by atoms with Crippen LogP contribution in [0.25, 0.3) is 6.08 Å². The largest absolute Gasteiger partial charge is 0.478 e. The lowest BCUT2D eigenvalue weighted by molar-refractivity contribution is -0.131. The summed E-state index contributed by atoms with van der Waals surface area (Å²) in [6.07, 6.45) is 4.39. The molecule has 2 rings (SSSR count). The van der Waals surface area contributed by atoms with Crippen LogP contribution in [0.3, 0.4) is 0 Å². The van der Waals surface area contributed by atoms with Crippen LogP contribution in [0.15, 0.2) is 17.5 Å². The lowest BCUT2D eigenvalue weighted by Gasteiger charge is -2.05. The molecule has 2 amide bonds. The molecule has 7 heteroatoms. The van der Waals surface area contributed by atoms with Gasteiger partial charge in [0.05, 0.1) is 5.56 Å². The Morgan fingerprint density at radius 2 is 2.00 bits per heavy atom. The third-order valence-corrected chi connectivity index (χ3v) is 3.83. The van der Waals surface area contributed by atoms with E-state index < -0.39 is 5.97 Å². The third kappa shape index (κ3) is 5.03. The highest BCUT2D eigenvalue weighted by atomic mass is 32.1. The maximum atomic E-state index is 11.8.